The van der Waals surface area contributed by atoms with Gasteiger partial charge in [0.05, 0.1) is 17.6 Å². The van der Waals surface area contributed by atoms with Gasteiger partial charge in [-0.1, -0.05) is 23.7 Å². The molecule has 0 aliphatic carbocycles. The van der Waals surface area contributed by atoms with Crippen LogP contribution in [0, 0.1) is 17.5 Å². The van der Waals surface area contributed by atoms with E-state index in [4.69, 9.17) is 11.6 Å². The molecule has 1 aliphatic heterocycles. The van der Waals surface area contributed by atoms with Crippen LogP contribution in [-0.4, -0.2) is 28.9 Å². The van der Waals surface area contributed by atoms with Gasteiger partial charge in [0, 0.05) is 25.2 Å². The molecular formula is C21H18ClF3N4O. The Kier molecular flexibility index (Phi) is 5.67. The predicted molar refractivity (Wildman–Crippen MR) is 110 cm³/mol. The summed E-state index contributed by atoms with van der Waals surface area (Å²) in [5.74, 6) is -1.96. The van der Waals surface area contributed by atoms with Crippen LogP contribution in [0.25, 0.3) is 5.69 Å². The van der Waals surface area contributed by atoms with E-state index in [1.54, 1.807) is 18.2 Å². The SMILES string of the molecule is O=c1c(Cl)c(N2CCC(Nc3ccccc3F)CC2)cnn1-c1ccc(F)cc1F. The summed E-state index contributed by atoms with van der Waals surface area (Å²) < 4.78 is 41.8. The molecule has 156 valence electrons. The number of halogens is 4. The smallest absolute Gasteiger partial charge is 0.292 e. The first-order valence-corrected chi connectivity index (χ1v) is 9.81. The molecule has 0 spiro atoms. The zero-order chi connectivity index (χ0) is 21.3. The predicted octanol–water partition coefficient (Wildman–Crippen LogP) is 4.38. The highest BCUT2D eigenvalue weighted by molar-refractivity contribution is 6.33. The molecule has 5 nitrogen and oxygen atoms in total. The van der Waals surface area contributed by atoms with E-state index < -0.39 is 17.2 Å². The molecule has 0 radical (unpaired) electrons. The first-order chi connectivity index (χ1) is 14.4. The summed E-state index contributed by atoms with van der Waals surface area (Å²) in [5.41, 5.74) is 0.0401. The van der Waals surface area contributed by atoms with E-state index in [0.29, 0.717) is 43.4 Å². The molecule has 3 aromatic rings. The van der Waals surface area contributed by atoms with Crippen LogP contribution in [0.15, 0.2) is 53.5 Å². The number of piperidine rings is 1. The van der Waals surface area contributed by atoms with Gasteiger partial charge in [0.25, 0.3) is 5.56 Å². The fraction of sp³-hybridized carbons (Fsp3) is 0.238. The van der Waals surface area contributed by atoms with Crippen molar-refractivity contribution in [1.82, 2.24) is 9.78 Å². The Bertz CT molecular complexity index is 1130. The van der Waals surface area contributed by atoms with Crippen LogP contribution in [0.5, 0.6) is 0 Å². The third-order valence-electron chi connectivity index (χ3n) is 5.11. The Labute approximate surface area is 175 Å². The number of hydrogen-bond donors (Lipinski definition) is 1. The fourth-order valence-corrected chi connectivity index (χ4v) is 3.78. The Morgan fingerprint density at radius 1 is 1.00 bits per heavy atom. The van der Waals surface area contributed by atoms with Crippen LogP contribution in [0.3, 0.4) is 0 Å². The van der Waals surface area contributed by atoms with E-state index in [2.05, 4.69) is 10.4 Å². The molecule has 30 heavy (non-hydrogen) atoms. The summed E-state index contributed by atoms with van der Waals surface area (Å²) in [6.45, 7) is 1.17. The lowest BCUT2D eigenvalue weighted by molar-refractivity contribution is 0.521. The van der Waals surface area contributed by atoms with Crippen molar-refractivity contribution in [2.75, 3.05) is 23.3 Å². The third kappa shape index (κ3) is 4.00. The van der Waals surface area contributed by atoms with Crippen LogP contribution >= 0.6 is 11.6 Å². The first kappa shape index (κ1) is 20.3. The van der Waals surface area contributed by atoms with Gasteiger partial charge in [0.15, 0.2) is 5.82 Å². The van der Waals surface area contributed by atoms with Gasteiger partial charge < -0.3 is 10.2 Å². The number of nitrogens with zero attached hydrogens (tertiary/aromatic N) is 3. The Morgan fingerprint density at radius 2 is 1.73 bits per heavy atom. The second kappa shape index (κ2) is 8.39. The average molecular weight is 435 g/mol. The topological polar surface area (TPSA) is 50.2 Å². The molecule has 1 aliphatic rings. The van der Waals surface area contributed by atoms with Crippen LogP contribution in [-0.2, 0) is 0 Å². The Morgan fingerprint density at radius 3 is 2.43 bits per heavy atom. The molecule has 2 heterocycles. The summed E-state index contributed by atoms with van der Waals surface area (Å²) in [4.78, 5) is 14.6. The fourth-order valence-electron chi connectivity index (χ4n) is 3.53. The monoisotopic (exact) mass is 434 g/mol. The molecular weight excluding hydrogens is 417 g/mol. The number of aromatic nitrogens is 2. The summed E-state index contributed by atoms with van der Waals surface area (Å²) >= 11 is 6.28. The van der Waals surface area contributed by atoms with Gasteiger partial charge in [-0.05, 0) is 37.1 Å². The van der Waals surface area contributed by atoms with Crippen molar-refractivity contribution in [2.24, 2.45) is 0 Å². The minimum absolute atomic E-state index is 0.0820. The molecule has 1 aromatic heterocycles. The van der Waals surface area contributed by atoms with E-state index in [1.165, 1.54) is 12.3 Å². The molecule has 0 bridgehead atoms. The zero-order valence-corrected chi connectivity index (χ0v) is 16.5. The molecule has 1 N–H and O–H groups in total. The first-order valence-electron chi connectivity index (χ1n) is 9.43. The van der Waals surface area contributed by atoms with Crippen LogP contribution in [0.2, 0.25) is 5.02 Å². The maximum absolute atomic E-state index is 14.0. The van der Waals surface area contributed by atoms with Crippen molar-refractivity contribution >= 4 is 23.0 Å². The van der Waals surface area contributed by atoms with Crippen LogP contribution in [0.1, 0.15) is 12.8 Å². The van der Waals surface area contributed by atoms with Gasteiger partial charge >= 0.3 is 0 Å². The van der Waals surface area contributed by atoms with Gasteiger partial charge in [-0.15, -0.1) is 0 Å². The maximum atomic E-state index is 14.0. The second-order valence-corrected chi connectivity index (χ2v) is 7.42. The van der Waals surface area contributed by atoms with E-state index in [0.717, 1.165) is 16.8 Å². The highest BCUT2D eigenvalue weighted by Gasteiger charge is 2.24. The van der Waals surface area contributed by atoms with Crippen molar-refractivity contribution in [3.8, 4) is 5.69 Å². The summed E-state index contributed by atoms with van der Waals surface area (Å²) in [7, 11) is 0. The van der Waals surface area contributed by atoms with Gasteiger partial charge in [-0.3, -0.25) is 4.79 Å². The van der Waals surface area contributed by atoms with Gasteiger partial charge in [0.2, 0.25) is 0 Å². The molecule has 9 heteroatoms. The highest BCUT2D eigenvalue weighted by atomic mass is 35.5. The van der Waals surface area contributed by atoms with Crippen LogP contribution in [0.4, 0.5) is 24.5 Å². The quantitative estimate of drug-likeness (QED) is 0.662. The third-order valence-corrected chi connectivity index (χ3v) is 5.46. The van der Waals surface area contributed by atoms with Crippen LogP contribution < -0.4 is 15.8 Å². The second-order valence-electron chi connectivity index (χ2n) is 7.04. The Hall–Kier alpha value is -3.00. The molecule has 0 atom stereocenters. The van der Waals surface area contributed by atoms with E-state index in [9.17, 15) is 18.0 Å². The summed E-state index contributed by atoms with van der Waals surface area (Å²) in [6.07, 6.45) is 2.82. The summed E-state index contributed by atoms with van der Waals surface area (Å²) in [5, 5.41) is 7.14. The molecule has 0 amide bonds. The van der Waals surface area contributed by atoms with Crippen molar-refractivity contribution in [3.63, 3.8) is 0 Å². The van der Waals surface area contributed by atoms with E-state index in [1.807, 2.05) is 4.90 Å². The number of hydrogen-bond acceptors (Lipinski definition) is 4. The number of benzene rings is 2. The largest absolute Gasteiger partial charge is 0.380 e. The lowest BCUT2D eigenvalue weighted by atomic mass is 10.0. The molecule has 1 fully saturated rings. The maximum Gasteiger partial charge on any atom is 0.292 e. The van der Waals surface area contributed by atoms with Gasteiger partial charge in [-0.2, -0.15) is 9.78 Å². The number of para-hydroxylation sites is 1. The number of anilines is 2. The summed E-state index contributed by atoms with van der Waals surface area (Å²) in [6, 6.07) is 9.44. The highest BCUT2D eigenvalue weighted by Crippen LogP contribution is 2.27. The zero-order valence-electron chi connectivity index (χ0n) is 15.8. The van der Waals surface area contributed by atoms with Gasteiger partial charge in [0.1, 0.15) is 22.3 Å². The van der Waals surface area contributed by atoms with Crippen molar-refractivity contribution in [2.45, 2.75) is 18.9 Å². The molecule has 4 rings (SSSR count). The minimum atomic E-state index is -0.909. The molecule has 0 saturated carbocycles. The lowest BCUT2D eigenvalue weighted by Crippen LogP contribution is -2.40. The molecule has 2 aromatic carbocycles. The van der Waals surface area contributed by atoms with E-state index >= 15 is 0 Å². The minimum Gasteiger partial charge on any atom is -0.380 e. The van der Waals surface area contributed by atoms with E-state index in [-0.39, 0.29) is 22.6 Å². The molecule has 1 saturated heterocycles. The van der Waals surface area contributed by atoms with Crippen molar-refractivity contribution < 1.29 is 13.2 Å². The van der Waals surface area contributed by atoms with Crippen molar-refractivity contribution in [3.05, 3.63) is 81.5 Å². The number of nitrogens with one attached hydrogen (secondary N) is 1. The average Bonchev–Trinajstić information content (AvgIpc) is 2.73. The molecule has 0 unspecified atom stereocenters. The van der Waals surface area contributed by atoms with Crippen molar-refractivity contribution in [1.29, 1.82) is 0 Å². The van der Waals surface area contributed by atoms with Gasteiger partial charge in [-0.25, -0.2) is 13.2 Å². The Balaban J connectivity index is 1.50. The standard InChI is InChI=1S/C21H18ClF3N4O/c22-20-19(12-26-29(21(20)30)18-6-5-13(23)11-16(18)25)28-9-7-14(8-10-28)27-17-4-2-1-3-15(17)24/h1-6,11-12,14,27H,7-10H2. The normalized spacial score (nSPS) is 14.7. The number of rotatable bonds is 4. The lowest BCUT2D eigenvalue weighted by Gasteiger charge is -2.34.